The number of nitrogens with one attached hydrogen (secondary N) is 2. The van der Waals surface area contributed by atoms with Crippen molar-refractivity contribution in [1.82, 2.24) is 15.5 Å². The molecule has 2 rings (SSSR count). The van der Waals surface area contributed by atoms with Gasteiger partial charge in [-0.1, -0.05) is 39.8 Å². The highest BCUT2D eigenvalue weighted by Crippen LogP contribution is 2.15. The molecule has 1 aliphatic rings. The standard InChI is InChI=1S/C24H40N4O2.HI/c1-6-25-24(27-21-12-15-28(16-13-21)23(29)19(4)5)26-14-11-20-7-9-22(10-8-20)30-17-18(2)3;/h7-10,18-19,21H,6,11-17H2,1-5H3,(H2,25,26,27);1H. The van der Waals surface area contributed by atoms with Gasteiger partial charge in [0.05, 0.1) is 6.61 Å². The quantitative estimate of drug-likeness (QED) is 0.280. The Morgan fingerprint density at radius 2 is 1.81 bits per heavy atom. The molecule has 6 nitrogen and oxygen atoms in total. The van der Waals surface area contributed by atoms with E-state index in [9.17, 15) is 4.79 Å². The van der Waals surface area contributed by atoms with Gasteiger partial charge < -0.3 is 20.3 Å². The van der Waals surface area contributed by atoms with Crippen molar-refractivity contribution in [1.29, 1.82) is 0 Å². The van der Waals surface area contributed by atoms with Crippen molar-refractivity contribution in [3.63, 3.8) is 0 Å². The first-order chi connectivity index (χ1) is 14.4. The Bertz CT molecular complexity index is 669. The largest absolute Gasteiger partial charge is 0.493 e. The van der Waals surface area contributed by atoms with Crippen molar-refractivity contribution in [2.75, 3.05) is 32.8 Å². The van der Waals surface area contributed by atoms with Crippen LogP contribution in [0.3, 0.4) is 0 Å². The molecule has 1 aromatic carbocycles. The van der Waals surface area contributed by atoms with Crippen LogP contribution in [-0.2, 0) is 11.2 Å². The molecule has 1 aromatic rings. The fourth-order valence-electron chi connectivity index (χ4n) is 3.43. The third-order valence-electron chi connectivity index (χ3n) is 5.16. The Hall–Kier alpha value is -1.51. The Kier molecular flexibility index (Phi) is 12.9. The fourth-order valence-corrected chi connectivity index (χ4v) is 3.43. The maximum atomic E-state index is 12.2. The number of hydrogen-bond donors (Lipinski definition) is 2. The van der Waals surface area contributed by atoms with E-state index in [1.54, 1.807) is 0 Å². The van der Waals surface area contributed by atoms with Gasteiger partial charge in [0.2, 0.25) is 5.91 Å². The van der Waals surface area contributed by atoms with Crippen LogP contribution in [0.15, 0.2) is 29.3 Å². The lowest BCUT2D eigenvalue weighted by atomic mass is 10.0. The number of carbonyl (C=O) groups excluding carboxylic acids is 1. The lowest BCUT2D eigenvalue weighted by Crippen LogP contribution is -2.50. The molecule has 31 heavy (non-hydrogen) atoms. The highest BCUT2D eigenvalue weighted by atomic mass is 127. The number of likely N-dealkylation sites (tertiary alicyclic amines) is 1. The van der Waals surface area contributed by atoms with E-state index < -0.39 is 0 Å². The zero-order chi connectivity index (χ0) is 21.9. The minimum atomic E-state index is 0. The molecule has 1 saturated heterocycles. The highest BCUT2D eigenvalue weighted by Gasteiger charge is 2.24. The number of amides is 1. The van der Waals surface area contributed by atoms with E-state index in [0.717, 1.165) is 63.8 Å². The van der Waals surface area contributed by atoms with Gasteiger partial charge in [-0.2, -0.15) is 0 Å². The first kappa shape index (κ1) is 27.5. The first-order valence-electron chi connectivity index (χ1n) is 11.4. The zero-order valence-electron chi connectivity index (χ0n) is 19.8. The second-order valence-electron chi connectivity index (χ2n) is 8.76. The number of halogens is 1. The summed E-state index contributed by atoms with van der Waals surface area (Å²) in [6, 6.07) is 8.67. The molecule has 0 aromatic heterocycles. The average Bonchev–Trinajstić information content (AvgIpc) is 2.73. The molecule has 1 amide bonds. The molecule has 1 heterocycles. The number of rotatable bonds is 9. The molecule has 1 aliphatic heterocycles. The Morgan fingerprint density at radius 1 is 1.16 bits per heavy atom. The van der Waals surface area contributed by atoms with E-state index in [4.69, 9.17) is 9.73 Å². The summed E-state index contributed by atoms with van der Waals surface area (Å²) in [7, 11) is 0. The van der Waals surface area contributed by atoms with Crippen LogP contribution in [0.5, 0.6) is 5.75 Å². The van der Waals surface area contributed by atoms with Crippen LogP contribution >= 0.6 is 24.0 Å². The molecular formula is C24H41IN4O2. The van der Waals surface area contributed by atoms with E-state index in [1.807, 2.05) is 30.9 Å². The van der Waals surface area contributed by atoms with Crippen LogP contribution in [0, 0.1) is 11.8 Å². The monoisotopic (exact) mass is 544 g/mol. The molecule has 176 valence electrons. The lowest BCUT2D eigenvalue weighted by Gasteiger charge is -2.34. The van der Waals surface area contributed by atoms with Gasteiger partial charge >= 0.3 is 0 Å². The SMILES string of the molecule is CCNC(=NCCc1ccc(OCC(C)C)cc1)NC1CCN(C(=O)C(C)C)CC1.I. The fraction of sp³-hybridized carbons (Fsp3) is 0.667. The Labute approximate surface area is 205 Å². The van der Waals surface area contributed by atoms with Crippen LogP contribution in [0.2, 0.25) is 0 Å². The highest BCUT2D eigenvalue weighted by molar-refractivity contribution is 14.0. The van der Waals surface area contributed by atoms with Crippen molar-refractivity contribution < 1.29 is 9.53 Å². The number of piperidine rings is 1. The predicted molar refractivity (Wildman–Crippen MR) is 139 cm³/mol. The minimum absolute atomic E-state index is 0. The van der Waals surface area contributed by atoms with Crippen molar-refractivity contribution in [3.05, 3.63) is 29.8 Å². The summed E-state index contributed by atoms with van der Waals surface area (Å²) in [5.41, 5.74) is 1.26. The van der Waals surface area contributed by atoms with Crippen LogP contribution in [-0.4, -0.2) is 55.6 Å². The Balaban J connectivity index is 0.00000480. The van der Waals surface area contributed by atoms with Gasteiger partial charge in [0.1, 0.15) is 5.75 Å². The molecule has 0 spiro atoms. The topological polar surface area (TPSA) is 66.0 Å². The first-order valence-corrected chi connectivity index (χ1v) is 11.4. The van der Waals surface area contributed by atoms with Crippen LogP contribution in [0.1, 0.15) is 53.0 Å². The molecule has 0 radical (unpaired) electrons. The summed E-state index contributed by atoms with van der Waals surface area (Å²) >= 11 is 0. The van der Waals surface area contributed by atoms with Gasteiger partial charge in [-0.05, 0) is 49.8 Å². The number of nitrogens with zero attached hydrogens (tertiary/aromatic N) is 2. The predicted octanol–water partition coefficient (Wildman–Crippen LogP) is 4.08. The van der Waals surface area contributed by atoms with E-state index >= 15 is 0 Å². The Morgan fingerprint density at radius 3 is 2.35 bits per heavy atom. The van der Waals surface area contributed by atoms with Crippen molar-refractivity contribution in [2.24, 2.45) is 16.8 Å². The van der Waals surface area contributed by atoms with Gasteiger partial charge in [0.15, 0.2) is 5.96 Å². The molecule has 1 fully saturated rings. The lowest BCUT2D eigenvalue weighted by molar-refractivity contribution is -0.135. The van der Waals surface area contributed by atoms with Crippen molar-refractivity contribution in [2.45, 2.75) is 59.9 Å². The molecule has 7 heteroatoms. The summed E-state index contributed by atoms with van der Waals surface area (Å²) in [6.45, 7) is 14.3. The molecule has 0 atom stereocenters. The molecule has 0 unspecified atom stereocenters. The van der Waals surface area contributed by atoms with Gasteiger partial charge in [-0.3, -0.25) is 9.79 Å². The van der Waals surface area contributed by atoms with E-state index in [2.05, 4.69) is 43.5 Å². The second kappa shape index (κ2) is 14.5. The van der Waals surface area contributed by atoms with Crippen molar-refractivity contribution >= 4 is 35.8 Å². The maximum absolute atomic E-state index is 12.2. The molecule has 0 saturated carbocycles. The second-order valence-corrected chi connectivity index (χ2v) is 8.76. The number of guanidine groups is 1. The number of aliphatic imine (C=N–C) groups is 1. The van der Waals surface area contributed by atoms with Gasteiger partial charge in [0, 0.05) is 38.1 Å². The van der Waals surface area contributed by atoms with Crippen LogP contribution in [0.25, 0.3) is 0 Å². The molecule has 2 N–H and O–H groups in total. The van der Waals surface area contributed by atoms with Gasteiger partial charge in [0.25, 0.3) is 0 Å². The van der Waals surface area contributed by atoms with Crippen molar-refractivity contribution in [3.8, 4) is 5.75 Å². The zero-order valence-corrected chi connectivity index (χ0v) is 22.1. The number of hydrogen-bond acceptors (Lipinski definition) is 3. The summed E-state index contributed by atoms with van der Waals surface area (Å²) in [4.78, 5) is 18.9. The molecule has 0 aliphatic carbocycles. The number of benzene rings is 1. The molecular weight excluding hydrogens is 503 g/mol. The third-order valence-corrected chi connectivity index (χ3v) is 5.16. The average molecular weight is 545 g/mol. The maximum Gasteiger partial charge on any atom is 0.225 e. The molecule has 0 bridgehead atoms. The van der Waals surface area contributed by atoms with Gasteiger partial charge in [-0.15, -0.1) is 24.0 Å². The van der Waals surface area contributed by atoms with Gasteiger partial charge in [-0.25, -0.2) is 0 Å². The number of ether oxygens (including phenoxy) is 1. The number of carbonyl (C=O) groups is 1. The minimum Gasteiger partial charge on any atom is -0.493 e. The summed E-state index contributed by atoms with van der Waals surface area (Å²) in [5.74, 6) is 2.65. The van der Waals surface area contributed by atoms with Crippen LogP contribution in [0.4, 0.5) is 0 Å². The van der Waals surface area contributed by atoms with E-state index in [-0.39, 0.29) is 35.8 Å². The van der Waals surface area contributed by atoms with Crippen LogP contribution < -0.4 is 15.4 Å². The van der Waals surface area contributed by atoms with E-state index in [1.165, 1.54) is 5.56 Å². The smallest absolute Gasteiger partial charge is 0.225 e. The third kappa shape index (κ3) is 10.1. The normalized spacial score (nSPS) is 15.1. The van der Waals surface area contributed by atoms with E-state index in [0.29, 0.717) is 12.0 Å². The summed E-state index contributed by atoms with van der Waals surface area (Å²) < 4.78 is 5.74. The summed E-state index contributed by atoms with van der Waals surface area (Å²) in [6.07, 6.45) is 2.81. The summed E-state index contributed by atoms with van der Waals surface area (Å²) in [5, 5.41) is 6.89.